The Hall–Kier alpha value is -0.120. The Morgan fingerprint density at radius 2 is 1.84 bits per heavy atom. The molecule has 2 aliphatic rings. The maximum atomic E-state index is 5.73. The average Bonchev–Trinajstić information content (AvgIpc) is 2.65. The van der Waals surface area contributed by atoms with E-state index in [1.807, 2.05) is 0 Å². The Bertz CT molecular complexity index is 252. The van der Waals surface area contributed by atoms with Crippen molar-refractivity contribution in [3.05, 3.63) is 0 Å². The molecule has 2 N–H and O–H groups in total. The predicted molar refractivity (Wildman–Crippen MR) is 82.3 cm³/mol. The molecule has 0 saturated carbocycles. The molecule has 0 aromatic heterocycles. The molecule has 0 radical (unpaired) electrons. The van der Waals surface area contributed by atoms with E-state index >= 15 is 0 Å². The number of hydrogen-bond donors (Lipinski definition) is 1. The van der Waals surface area contributed by atoms with E-state index < -0.39 is 0 Å². The first-order valence-electron chi connectivity index (χ1n) is 8.39. The number of rotatable bonds is 4. The third-order valence-electron chi connectivity index (χ3n) is 5.10. The van der Waals surface area contributed by atoms with E-state index in [1.165, 1.54) is 64.7 Å². The highest BCUT2D eigenvalue weighted by Crippen LogP contribution is 2.25. The third-order valence-corrected chi connectivity index (χ3v) is 5.10. The molecule has 3 heteroatoms. The highest BCUT2D eigenvalue weighted by atomic mass is 15.2. The van der Waals surface area contributed by atoms with Crippen molar-refractivity contribution in [2.75, 3.05) is 32.7 Å². The number of likely N-dealkylation sites (tertiary alicyclic amines) is 2. The van der Waals surface area contributed by atoms with Crippen LogP contribution in [0.5, 0.6) is 0 Å². The molecule has 0 bridgehead atoms. The van der Waals surface area contributed by atoms with Gasteiger partial charge in [0.1, 0.15) is 0 Å². The molecule has 2 heterocycles. The smallest absolute Gasteiger partial charge is 0.0108 e. The lowest BCUT2D eigenvalue weighted by molar-refractivity contribution is 0.108. The van der Waals surface area contributed by atoms with Crippen LogP contribution in [-0.4, -0.2) is 54.6 Å². The first-order chi connectivity index (χ1) is 9.20. The molecular weight excluding hydrogens is 234 g/mol. The highest BCUT2D eigenvalue weighted by Gasteiger charge is 2.27. The average molecular weight is 267 g/mol. The van der Waals surface area contributed by atoms with Crippen molar-refractivity contribution in [3.63, 3.8) is 0 Å². The van der Waals surface area contributed by atoms with Gasteiger partial charge in [0, 0.05) is 18.6 Å². The summed E-state index contributed by atoms with van der Waals surface area (Å²) in [5.74, 6) is 0.864. The summed E-state index contributed by atoms with van der Waals surface area (Å²) in [5.41, 5.74) is 5.73. The summed E-state index contributed by atoms with van der Waals surface area (Å²) in [7, 11) is 0. The fourth-order valence-electron chi connectivity index (χ4n) is 3.88. The molecule has 2 fully saturated rings. The van der Waals surface area contributed by atoms with Crippen LogP contribution in [-0.2, 0) is 0 Å². The summed E-state index contributed by atoms with van der Waals surface area (Å²) in [4.78, 5) is 5.44. The van der Waals surface area contributed by atoms with Gasteiger partial charge in [-0.3, -0.25) is 0 Å². The lowest BCUT2D eigenvalue weighted by Crippen LogP contribution is -2.43. The zero-order valence-corrected chi connectivity index (χ0v) is 13.0. The molecule has 2 unspecified atom stereocenters. The van der Waals surface area contributed by atoms with Crippen LogP contribution >= 0.6 is 0 Å². The van der Waals surface area contributed by atoms with E-state index in [4.69, 9.17) is 5.73 Å². The van der Waals surface area contributed by atoms with Gasteiger partial charge in [0.25, 0.3) is 0 Å². The molecule has 2 atom stereocenters. The second kappa shape index (κ2) is 7.61. The molecule has 0 aromatic carbocycles. The molecule has 2 rings (SSSR count). The molecule has 0 amide bonds. The van der Waals surface area contributed by atoms with E-state index in [0.29, 0.717) is 6.04 Å². The van der Waals surface area contributed by atoms with Gasteiger partial charge in [0.15, 0.2) is 0 Å². The maximum absolute atomic E-state index is 5.73. The number of nitrogens with zero attached hydrogens (tertiary/aromatic N) is 2. The first kappa shape index (κ1) is 15.3. The minimum atomic E-state index is 0.713. The molecule has 2 aliphatic heterocycles. The van der Waals surface area contributed by atoms with Gasteiger partial charge < -0.3 is 15.5 Å². The minimum Gasteiger partial charge on any atom is -0.330 e. The number of piperidine rings is 1. The Kier molecular flexibility index (Phi) is 6.11. The van der Waals surface area contributed by atoms with Gasteiger partial charge in [-0.2, -0.15) is 0 Å². The van der Waals surface area contributed by atoms with Crippen LogP contribution < -0.4 is 5.73 Å². The van der Waals surface area contributed by atoms with Crippen LogP contribution in [0.2, 0.25) is 0 Å². The van der Waals surface area contributed by atoms with E-state index in [0.717, 1.165) is 18.5 Å². The molecule has 3 nitrogen and oxygen atoms in total. The van der Waals surface area contributed by atoms with Crippen LogP contribution in [0.15, 0.2) is 0 Å². The van der Waals surface area contributed by atoms with Crippen molar-refractivity contribution >= 4 is 0 Å². The minimum absolute atomic E-state index is 0.713. The highest BCUT2D eigenvalue weighted by molar-refractivity contribution is 4.83. The van der Waals surface area contributed by atoms with E-state index in [1.54, 1.807) is 0 Å². The van der Waals surface area contributed by atoms with Crippen molar-refractivity contribution in [1.29, 1.82) is 0 Å². The molecule has 112 valence electrons. The Labute approximate surface area is 119 Å². The van der Waals surface area contributed by atoms with Crippen molar-refractivity contribution in [3.8, 4) is 0 Å². The SMILES string of the molecule is CC(C)N1CCCC(N2CCCC(CCN)C2)CC1. The fourth-order valence-corrected chi connectivity index (χ4v) is 3.88. The van der Waals surface area contributed by atoms with E-state index in [2.05, 4.69) is 23.6 Å². The topological polar surface area (TPSA) is 32.5 Å². The number of nitrogens with two attached hydrogens (primary N) is 1. The van der Waals surface area contributed by atoms with Crippen molar-refractivity contribution in [2.45, 2.75) is 64.5 Å². The zero-order chi connectivity index (χ0) is 13.7. The van der Waals surface area contributed by atoms with Gasteiger partial charge in [-0.05, 0) is 84.5 Å². The lowest BCUT2D eigenvalue weighted by atomic mass is 9.92. The molecule has 19 heavy (non-hydrogen) atoms. The summed E-state index contributed by atoms with van der Waals surface area (Å²) in [5, 5.41) is 0. The van der Waals surface area contributed by atoms with Gasteiger partial charge in [0.05, 0.1) is 0 Å². The predicted octanol–water partition coefficient (Wildman–Crippen LogP) is 2.31. The lowest BCUT2D eigenvalue weighted by Gasteiger charge is -2.38. The molecule has 2 saturated heterocycles. The quantitative estimate of drug-likeness (QED) is 0.848. The second-order valence-electron chi connectivity index (χ2n) is 6.79. The Morgan fingerprint density at radius 3 is 2.58 bits per heavy atom. The van der Waals surface area contributed by atoms with Crippen LogP contribution in [0, 0.1) is 5.92 Å². The van der Waals surface area contributed by atoms with Crippen LogP contribution in [0.4, 0.5) is 0 Å². The summed E-state index contributed by atoms with van der Waals surface area (Å²) in [6.07, 6.45) is 8.15. The largest absolute Gasteiger partial charge is 0.330 e. The normalized spacial score (nSPS) is 31.6. The zero-order valence-electron chi connectivity index (χ0n) is 13.0. The Morgan fingerprint density at radius 1 is 1.05 bits per heavy atom. The summed E-state index contributed by atoms with van der Waals surface area (Å²) < 4.78 is 0. The van der Waals surface area contributed by atoms with E-state index in [9.17, 15) is 0 Å². The van der Waals surface area contributed by atoms with Gasteiger partial charge in [-0.25, -0.2) is 0 Å². The van der Waals surface area contributed by atoms with Gasteiger partial charge in [-0.15, -0.1) is 0 Å². The van der Waals surface area contributed by atoms with Crippen molar-refractivity contribution in [2.24, 2.45) is 11.7 Å². The summed E-state index contributed by atoms with van der Waals surface area (Å²) >= 11 is 0. The second-order valence-corrected chi connectivity index (χ2v) is 6.79. The van der Waals surface area contributed by atoms with E-state index in [-0.39, 0.29) is 0 Å². The van der Waals surface area contributed by atoms with Crippen LogP contribution in [0.3, 0.4) is 0 Å². The van der Waals surface area contributed by atoms with Gasteiger partial charge in [-0.1, -0.05) is 0 Å². The van der Waals surface area contributed by atoms with Gasteiger partial charge >= 0.3 is 0 Å². The molecular formula is C16H33N3. The summed E-state index contributed by atoms with van der Waals surface area (Å²) in [6.45, 7) is 10.8. The molecule has 0 spiro atoms. The number of hydrogen-bond acceptors (Lipinski definition) is 3. The molecule has 0 aliphatic carbocycles. The molecule has 0 aromatic rings. The third kappa shape index (κ3) is 4.44. The van der Waals surface area contributed by atoms with Crippen LogP contribution in [0.1, 0.15) is 52.4 Å². The first-order valence-corrected chi connectivity index (χ1v) is 8.39. The van der Waals surface area contributed by atoms with Crippen LogP contribution in [0.25, 0.3) is 0 Å². The van der Waals surface area contributed by atoms with Crippen molar-refractivity contribution < 1.29 is 0 Å². The summed E-state index contributed by atoms with van der Waals surface area (Å²) in [6, 6.07) is 1.55. The standard InChI is InChI=1S/C16H33N3/c1-14(2)18-10-4-6-16(8-12-18)19-11-3-5-15(13-19)7-9-17/h14-16H,3-13,17H2,1-2H3. The maximum Gasteiger partial charge on any atom is 0.0108 e. The fraction of sp³-hybridized carbons (Fsp3) is 1.00. The Balaban J connectivity index is 1.83. The van der Waals surface area contributed by atoms with Gasteiger partial charge in [0.2, 0.25) is 0 Å². The monoisotopic (exact) mass is 267 g/mol. The van der Waals surface area contributed by atoms with Crippen molar-refractivity contribution in [1.82, 2.24) is 9.80 Å².